The summed E-state index contributed by atoms with van der Waals surface area (Å²) in [4.78, 5) is 3.95. The van der Waals surface area contributed by atoms with Crippen LogP contribution >= 0.6 is 0 Å². The Bertz CT molecular complexity index is 314. The highest BCUT2D eigenvalue weighted by molar-refractivity contribution is 4.96. The number of halogens is 3. The molecule has 3 nitrogen and oxygen atoms in total. The second kappa shape index (κ2) is 3.59. The van der Waals surface area contributed by atoms with Crippen LogP contribution in [0.25, 0.3) is 0 Å². The summed E-state index contributed by atoms with van der Waals surface area (Å²) in [6.45, 7) is 4.09. The van der Waals surface area contributed by atoms with Crippen LogP contribution in [-0.2, 0) is 6.54 Å². The minimum Gasteiger partial charge on any atom is -0.240 e. The Labute approximate surface area is 79.9 Å². The monoisotopic (exact) mass is 207 g/mol. The standard InChI is InChI=1S/C8H12F3N3/c1-5(2)7-12-6(3)13-14(7)4-8(9,10)11/h5H,4H2,1-3H3. The Morgan fingerprint density at radius 3 is 2.36 bits per heavy atom. The molecule has 1 heterocycles. The molecular weight excluding hydrogens is 195 g/mol. The molecule has 1 aromatic rings. The summed E-state index contributed by atoms with van der Waals surface area (Å²) in [6, 6.07) is 0. The van der Waals surface area contributed by atoms with Crippen molar-refractivity contribution in [3.05, 3.63) is 11.6 Å². The van der Waals surface area contributed by atoms with Crippen LogP contribution in [0.1, 0.15) is 31.4 Å². The molecular formula is C8H12F3N3. The first-order chi connectivity index (χ1) is 6.29. The van der Waals surface area contributed by atoms with Gasteiger partial charge in [0, 0.05) is 5.92 Å². The van der Waals surface area contributed by atoms with E-state index in [9.17, 15) is 13.2 Å². The van der Waals surface area contributed by atoms with E-state index in [2.05, 4.69) is 10.1 Å². The Morgan fingerprint density at radius 1 is 1.36 bits per heavy atom. The van der Waals surface area contributed by atoms with Crippen molar-refractivity contribution in [3.8, 4) is 0 Å². The van der Waals surface area contributed by atoms with E-state index in [-0.39, 0.29) is 5.92 Å². The second-order valence-electron chi connectivity index (χ2n) is 3.44. The molecule has 0 saturated heterocycles. The van der Waals surface area contributed by atoms with Gasteiger partial charge in [-0.05, 0) is 6.92 Å². The lowest BCUT2D eigenvalue weighted by molar-refractivity contribution is -0.143. The van der Waals surface area contributed by atoms with Gasteiger partial charge in [0.05, 0.1) is 0 Å². The van der Waals surface area contributed by atoms with E-state index in [0.717, 1.165) is 4.68 Å². The molecule has 0 N–H and O–H groups in total. The summed E-state index contributed by atoms with van der Waals surface area (Å²) in [5.41, 5.74) is 0. The largest absolute Gasteiger partial charge is 0.408 e. The molecule has 0 bridgehead atoms. The molecule has 0 aliphatic carbocycles. The van der Waals surface area contributed by atoms with Gasteiger partial charge in [-0.1, -0.05) is 13.8 Å². The van der Waals surface area contributed by atoms with Gasteiger partial charge in [-0.25, -0.2) is 9.67 Å². The number of aryl methyl sites for hydroxylation is 1. The minimum atomic E-state index is -4.25. The molecule has 1 aromatic heterocycles. The highest BCUT2D eigenvalue weighted by Gasteiger charge is 2.30. The zero-order valence-corrected chi connectivity index (χ0v) is 8.26. The van der Waals surface area contributed by atoms with Crippen molar-refractivity contribution in [2.24, 2.45) is 0 Å². The third-order valence-corrected chi connectivity index (χ3v) is 1.65. The molecule has 0 aliphatic heterocycles. The van der Waals surface area contributed by atoms with Crippen LogP contribution in [0.5, 0.6) is 0 Å². The van der Waals surface area contributed by atoms with Gasteiger partial charge in [0.1, 0.15) is 18.2 Å². The third kappa shape index (κ3) is 2.71. The highest BCUT2D eigenvalue weighted by Crippen LogP contribution is 2.20. The first-order valence-electron chi connectivity index (χ1n) is 4.27. The van der Waals surface area contributed by atoms with E-state index in [0.29, 0.717) is 11.6 Å². The van der Waals surface area contributed by atoms with Crippen LogP contribution in [0.4, 0.5) is 13.2 Å². The predicted octanol–water partition coefficient (Wildman–Crippen LogP) is 2.27. The first-order valence-corrected chi connectivity index (χ1v) is 4.27. The maximum Gasteiger partial charge on any atom is 0.408 e. The lowest BCUT2D eigenvalue weighted by Gasteiger charge is -2.10. The molecule has 0 aliphatic rings. The quantitative estimate of drug-likeness (QED) is 0.744. The van der Waals surface area contributed by atoms with E-state index in [1.165, 1.54) is 0 Å². The van der Waals surface area contributed by atoms with Crippen LogP contribution in [0.3, 0.4) is 0 Å². The molecule has 0 spiro atoms. The lowest BCUT2D eigenvalue weighted by Crippen LogP contribution is -2.21. The number of nitrogens with zero attached hydrogens (tertiary/aromatic N) is 3. The van der Waals surface area contributed by atoms with Gasteiger partial charge >= 0.3 is 6.18 Å². The molecule has 14 heavy (non-hydrogen) atoms. The van der Waals surface area contributed by atoms with E-state index < -0.39 is 12.7 Å². The maximum atomic E-state index is 12.1. The van der Waals surface area contributed by atoms with Crippen molar-refractivity contribution in [3.63, 3.8) is 0 Å². The summed E-state index contributed by atoms with van der Waals surface area (Å²) in [6.07, 6.45) is -4.25. The number of hydrogen-bond acceptors (Lipinski definition) is 2. The van der Waals surface area contributed by atoms with Crippen LogP contribution in [-0.4, -0.2) is 20.9 Å². The fourth-order valence-electron chi connectivity index (χ4n) is 1.19. The summed E-state index contributed by atoms with van der Waals surface area (Å²) in [7, 11) is 0. The Hall–Kier alpha value is -1.07. The van der Waals surface area contributed by atoms with Crippen molar-refractivity contribution in [1.29, 1.82) is 0 Å². The number of alkyl halides is 3. The molecule has 0 fully saturated rings. The van der Waals surface area contributed by atoms with Crippen molar-refractivity contribution >= 4 is 0 Å². The molecule has 0 unspecified atom stereocenters. The van der Waals surface area contributed by atoms with Gasteiger partial charge in [-0.3, -0.25) is 0 Å². The first kappa shape index (κ1) is 11.0. The Balaban J connectivity index is 2.96. The van der Waals surface area contributed by atoms with Gasteiger partial charge in [0.2, 0.25) is 0 Å². The normalized spacial score (nSPS) is 12.5. The summed E-state index contributed by atoms with van der Waals surface area (Å²) >= 11 is 0. The van der Waals surface area contributed by atoms with Crippen molar-refractivity contribution in [2.75, 3.05) is 0 Å². The molecule has 0 amide bonds. The Kier molecular flexibility index (Phi) is 2.82. The van der Waals surface area contributed by atoms with E-state index in [1.54, 1.807) is 20.8 Å². The lowest BCUT2D eigenvalue weighted by atomic mass is 10.2. The molecule has 6 heteroatoms. The molecule has 0 radical (unpaired) electrons. The summed E-state index contributed by atoms with van der Waals surface area (Å²) < 4.78 is 37.2. The number of rotatable bonds is 2. The van der Waals surface area contributed by atoms with Gasteiger partial charge in [0.25, 0.3) is 0 Å². The summed E-state index contributed by atoms with van der Waals surface area (Å²) in [5, 5.41) is 3.70. The van der Waals surface area contributed by atoms with Gasteiger partial charge < -0.3 is 0 Å². The zero-order valence-electron chi connectivity index (χ0n) is 8.26. The fourth-order valence-corrected chi connectivity index (χ4v) is 1.19. The molecule has 1 rings (SSSR count). The Morgan fingerprint density at radius 2 is 1.93 bits per heavy atom. The number of hydrogen-bond donors (Lipinski definition) is 0. The molecule has 0 atom stereocenters. The van der Waals surface area contributed by atoms with E-state index in [4.69, 9.17) is 0 Å². The number of aromatic nitrogens is 3. The second-order valence-corrected chi connectivity index (χ2v) is 3.44. The smallest absolute Gasteiger partial charge is 0.240 e. The predicted molar refractivity (Wildman–Crippen MR) is 44.9 cm³/mol. The van der Waals surface area contributed by atoms with Gasteiger partial charge in [-0.15, -0.1) is 0 Å². The van der Waals surface area contributed by atoms with Crippen molar-refractivity contribution in [1.82, 2.24) is 14.8 Å². The average Bonchev–Trinajstić information content (AvgIpc) is 2.27. The molecule has 80 valence electrons. The summed E-state index contributed by atoms with van der Waals surface area (Å²) in [5.74, 6) is 0.691. The molecule has 0 saturated carbocycles. The third-order valence-electron chi connectivity index (χ3n) is 1.65. The average molecular weight is 207 g/mol. The van der Waals surface area contributed by atoms with Crippen LogP contribution < -0.4 is 0 Å². The minimum absolute atomic E-state index is 0.0569. The van der Waals surface area contributed by atoms with Crippen LogP contribution in [0, 0.1) is 6.92 Å². The fraction of sp³-hybridized carbons (Fsp3) is 0.750. The van der Waals surface area contributed by atoms with Gasteiger partial charge in [0.15, 0.2) is 0 Å². The van der Waals surface area contributed by atoms with Crippen LogP contribution in [0.15, 0.2) is 0 Å². The van der Waals surface area contributed by atoms with E-state index >= 15 is 0 Å². The van der Waals surface area contributed by atoms with Crippen molar-refractivity contribution in [2.45, 2.75) is 39.4 Å². The van der Waals surface area contributed by atoms with Crippen molar-refractivity contribution < 1.29 is 13.2 Å². The zero-order chi connectivity index (χ0) is 10.9. The van der Waals surface area contributed by atoms with Gasteiger partial charge in [-0.2, -0.15) is 18.3 Å². The highest BCUT2D eigenvalue weighted by atomic mass is 19.4. The SMILES string of the molecule is Cc1nc(C(C)C)n(CC(F)(F)F)n1. The molecule has 0 aromatic carbocycles. The van der Waals surface area contributed by atoms with E-state index in [1.807, 2.05) is 0 Å². The topological polar surface area (TPSA) is 30.7 Å². The van der Waals surface area contributed by atoms with Crippen LogP contribution in [0.2, 0.25) is 0 Å². The maximum absolute atomic E-state index is 12.1.